The number of aryl methyl sites for hydroxylation is 2. The molecule has 2 aromatic rings. The first-order chi connectivity index (χ1) is 13.4. The van der Waals surface area contributed by atoms with Gasteiger partial charge in [-0.3, -0.25) is 9.59 Å². The van der Waals surface area contributed by atoms with Crippen LogP contribution in [-0.2, 0) is 9.53 Å². The molecule has 0 spiro atoms. The first kappa shape index (κ1) is 21.4. The summed E-state index contributed by atoms with van der Waals surface area (Å²) in [6, 6.07) is 12.7. The molecule has 0 saturated heterocycles. The highest BCUT2D eigenvalue weighted by Gasteiger charge is 2.19. The number of amides is 2. The topological polar surface area (TPSA) is 76.7 Å². The van der Waals surface area contributed by atoms with Gasteiger partial charge in [-0.05, 0) is 51.0 Å². The van der Waals surface area contributed by atoms with Crippen molar-refractivity contribution in [1.29, 1.82) is 0 Å². The molecule has 2 rings (SSSR count). The molecule has 6 nitrogen and oxygen atoms in total. The number of nitrogens with one attached hydrogen (secondary N) is 2. The average Bonchev–Trinajstić information content (AvgIpc) is 2.67. The highest BCUT2D eigenvalue weighted by atomic mass is 16.5. The van der Waals surface area contributed by atoms with Crippen molar-refractivity contribution in [2.45, 2.75) is 33.3 Å². The van der Waals surface area contributed by atoms with Crippen LogP contribution in [0.5, 0.6) is 5.75 Å². The van der Waals surface area contributed by atoms with Gasteiger partial charge in [-0.15, -0.1) is 0 Å². The summed E-state index contributed by atoms with van der Waals surface area (Å²) >= 11 is 0. The highest BCUT2D eigenvalue weighted by Crippen LogP contribution is 2.21. The maximum atomic E-state index is 12.6. The van der Waals surface area contributed by atoms with Crippen molar-refractivity contribution in [2.24, 2.45) is 0 Å². The van der Waals surface area contributed by atoms with E-state index in [-0.39, 0.29) is 11.8 Å². The molecule has 2 aromatic carbocycles. The van der Waals surface area contributed by atoms with E-state index in [4.69, 9.17) is 9.47 Å². The van der Waals surface area contributed by atoms with Crippen molar-refractivity contribution in [2.75, 3.05) is 25.6 Å². The predicted molar refractivity (Wildman–Crippen MR) is 110 cm³/mol. The lowest BCUT2D eigenvalue weighted by Crippen LogP contribution is -2.32. The van der Waals surface area contributed by atoms with Crippen molar-refractivity contribution in [3.63, 3.8) is 0 Å². The first-order valence-corrected chi connectivity index (χ1v) is 9.33. The van der Waals surface area contributed by atoms with Gasteiger partial charge in [0, 0.05) is 20.3 Å². The number of hydrogen-bond acceptors (Lipinski definition) is 4. The number of rotatable bonds is 9. The third-order valence-electron chi connectivity index (χ3n) is 4.24. The Bertz CT molecular complexity index is 820. The van der Waals surface area contributed by atoms with Crippen molar-refractivity contribution in [1.82, 2.24) is 5.32 Å². The largest absolute Gasteiger partial charge is 0.481 e. The van der Waals surface area contributed by atoms with Crippen LogP contribution in [0.3, 0.4) is 0 Å². The molecule has 150 valence electrons. The molecule has 28 heavy (non-hydrogen) atoms. The van der Waals surface area contributed by atoms with E-state index >= 15 is 0 Å². The second-order valence-corrected chi connectivity index (χ2v) is 6.67. The Hall–Kier alpha value is -2.86. The van der Waals surface area contributed by atoms with Crippen molar-refractivity contribution < 1.29 is 19.1 Å². The molecular formula is C22H28N2O4. The Balaban J connectivity index is 2.02. The lowest BCUT2D eigenvalue weighted by atomic mass is 10.1. The normalized spacial score (nSPS) is 11.6. The molecule has 2 N–H and O–H groups in total. The number of para-hydroxylation sites is 1. The molecule has 0 bridgehead atoms. The zero-order valence-corrected chi connectivity index (χ0v) is 16.9. The van der Waals surface area contributed by atoms with Crippen molar-refractivity contribution >= 4 is 17.5 Å². The van der Waals surface area contributed by atoms with E-state index in [9.17, 15) is 9.59 Å². The fourth-order valence-corrected chi connectivity index (χ4v) is 2.71. The summed E-state index contributed by atoms with van der Waals surface area (Å²) in [5.74, 6) is 0.104. The third kappa shape index (κ3) is 6.09. The maximum absolute atomic E-state index is 12.6. The minimum atomic E-state index is -0.709. The molecule has 0 aliphatic heterocycles. The van der Waals surface area contributed by atoms with Crippen LogP contribution in [0.4, 0.5) is 5.69 Å². The fourth-order valence-electron chi connectivity index (χ4n) is 2.71. The van der Waals surface area contributed by atoms with Crippen molar-refractivity contribution in [3.05, 3.63) is 59.2 Å². The lowest BCUT2D eigenvalue weighted by molar-refractivity contribution is -0.122. The van der Waals surface area contributed by atoms with Crippen LogP contribution >= 0.6 is 0 Å². The summed E-state index contributed by atoms with van der Waals surface area (Å²) in [7, 11) is 1.62. The van der Waals surface area contributed by atoms with E-state index < -0.39 is 6.10 Å². The summed E-state index contributed by atoms with van der Waals surface area (Å²) in [6.07, 6.45) is 0.0107. The molecule has 2 amide bonds. The number of anilines is 1. The predicted octanol–water partition coefficient (Wildman–Crippen LogP) is 3.48. The molecule has 0 unspecified atom stereocenters. The molecule has 0 heterocycles. The van der Waals surface area contributed by atoms with Crippen LogP contribution in [-0.4, -0.2) is 38.2 Å². The minimum absolute atomic E-state index is 0.241. The molecule has 0 radical (unpaired) electrons. The Labute approximate surface area is 166 Å². The van der Waals surface area contributed by atoms with Gasteiger partial charge in [0.15, 0.2) is 6.10 Å². The van der Waals surface area contributed by atoms with Crippen LogP contribution in [0.1, 0.15) is 34.8 Å². The summed E-state index contributed by atoms with van der Waals surface area (Å²) in [4.78, 5) is 25.0. The highest BCUT2D eigenvalue weighted by molar-refractivity contribution is 6.04. The third-order valence-corrected chi connectivity index (χ3v) is 4.24. The molecular weight excluding hydrogens is 356 g/mol. The Morgan fingerprint density at radius 3 is 2.57 bits per heavy atom. The van der Waals surface area contributed by atoms with Crippen molar-refractivity contribution in [3.8, 4) is 5.75 Å². The van der Waals surface area contributed by atoms with Gasteiger partial charge in [-0.1, -0.05) is 29.8 Å². The van der Waals surface area contributed by atoms with Gasteiger partial charge < -0.3 is 20.1 Å². The zero-order chi connectivity index (χ0) is 20.5. The molecule has 0 fully saturated rings. The van der Waals surface area contributed by atoms with E-state index in [0.29, 0.717) is 30.2 Å². The molecule has 0 saturated carbocycles. The number of ether oxygens (including phenoxy) is 2. The zero-order valence-electron chi connectivity index (χ0n) is 16.9. The molecule has 0 aromatic heterocycles. The van der Waals surface area contributed by atoms with Gasteiger partial charge in [0.05, 0.1) is 11.3 Å². The second kappa shape index (κ2) is 10.5. The van der Waals surface area contributed by atoms with Gasteiger partial charge >= 0.3 is 0 Å². The molecule has 0 aliphatic carbocycles. The maximum Gasteiger partial charge on any atom is 0.265 e. The molecule has 6 heteroatoms. The number of carbonyl (C=O) groups excluding carboxylic acids is 2. The van der Waals surface area contributed by atoms with Gasteiger partial charge in [0.25, 0.3) is 11.8 Å². The minimum Gasteiger partial charge on any atom is -0.481 e. The fraction of sp³-hybridized carbons (Fsp3) is 0.364. The van der Waals surface area contributed by atoms with E-state index in [1.165, 1.54) is 0 Å². The van der Waals surface area contributed by atoms with Gasteiger partial charge in [0.1, 0.15) is 5.75 Å². The van der Waals surface area contributed by atoms with Crippen LogP contribution in [0, 0.1) is 13.8 Å². The molecule has 0 aliphatic rings. The van der Waals surface area contributed by atoms with Gasteiger partial charge in [0.2, 0.25) is 0 Å². The summed E-state index contributed by atoms with van der Waals surface area (Å²) in [5.41, 5.74) is 2.96. The van der Waals surface area contributed by atoms with E-state index in [1.54, 1.807) is 38.3 Å². The first-order valence-electron chi connectivity index (χ1n) is 9.33. The van der Waals surface area contributed by atoms with Gasteiger partial charge in [-0.25, -0.2) is 0 Å². The second-order valence-electron chi connectivity index (χ2n) is 6.67. The van der Waals surface area contributed by atoms with E-state index in [0.717, 1.165) is 17.5 Å². The van der Waals surface area contributed by atoms with Crippen LogP contribution in [0.25, 0.3) is 0 Å². The standard InChI is InChI=1S/C22H28N2O4/c1-15-10-11-20(16(2)14-15)28-17(3)21(25)24-19-9-6-5-8-18(19)22(26)23-12-7-13-27-4/h5-6,8-11,14,17H,7,12-13H2,1-4H3,(H,23,26)(H,24,25)/t17-/m1/s1. The Morgan fingerprint density at radius 1 is 1.11 bits per heavy atom. The summed E-state index contributed by atoms with van der Waals surface area (Å²) in [6.45, 7) is 6.70. The number of hydrogen-bond donors (Lipinski definition) is 2. The average molecular weight is 384 g/mol. The molecule has 1 atom stereocenters. The van der Waals surface area contributed by atoms with Crippen LogP contribution < -0.4 is 15.4 Å². The number of benzene rings is 2. The van der Waals surface area contributed by atoms with E-state index in [2.05, 4.69) is 10.6 Å². The van der Waals surface area contributed by atoms with Gasteiger partial charge in [-0.2, -0.15) is 0 Å². The monoisotopic (exact) mass is 384 g/mol. The van der Waals surface area contributed by atoms with Crippen LogP contribution in [0.15, 0.2) is 42.5 Å². The number of carbonyl (C=O) groups is 2. The smallest absolute Gasteiger partial charge is 0.265 e. The van der Waals surface area contributed by atoms with Crippen LogP contribution in [0.2, 0.25) is 0 Å². The quantitative estimate of drug-likeness (QED) is 0.649. The lowest BCUT2D eigenvalue weighted by Gasteiger charge is -2.18. The van der Waals surface area contributed by atoms with E-state index in [1.807, 2.05) is 32.0 Å². The Kier molecular flexibility index (Phi) is 8.02. The Morgan fingerprint density at radius 2 is 1.86 bits per heavy atom. The summed E-state index contributed by atoms with van der Waals surface area (Å²) < 4.78 is 10.8. The number of methoxy groups -OCH3 is 1. The SMILES string of the molecule is COCCCNC(=O)c1ccccc1NC(=O)[C@@H](C)Oc1ccc(C)cc1C. The summed E-state index contributed by atoms with van der Waals surface area (Å²) in [5, 5.41) is 5.62.